The molecule has 0 radical (unpaired) electrons. The third-order valence-electron chi connectivity index (χ3n) is 6.48. The Kier molecular flexibility index (Phi) is 7.09. The maximum atomic E-state index is 13.5. The van der Waals surface area contributed by atoms with Crippen molar-refractivity contribution in [3.05, 3.63) is 68.5 Å². The van der Waals surface area contributed by atoms with Crippen molar-refractivity contribution in [1.82, 2.24) is 15.2 Å². The summed E-state index contributed by atoms with van der Waals surface area (Å²) in [6.07, 6.45) is 0.766. The Balaban J connectivity index is 1.92. The van der Waals surface area contributed by atoms with Gasteiger partial charge in [0.25, 0.3) is 5.56 Å². The van der Waals surface area contributed by atoms with Crippen LogP contribution in [0, 0.1) is 13.8 Å². The largest absolute Gasteiger partial charge is 0.493 e. The number of hydrogen-bond donors (Lipinski definition) is 2. The minimum absolute atomic E-state index is 0.126. The number of ether oxygens (including phenoxy) is 3. The van der Waals surface area contributed by atoms with Crippen LogP contribution in [-0.4, -0.2) is 56.0 Å². The van der Waals surface area contributed by atoms with Gasteiger partial charge in [-0.2, -0.15) is 0 Å². The van der Waals surface area contributed by atoms with E-state index in [1.807, 2.05) is 31.2 Å². The Morgan fingerprint density at radius 2 is 1.79 bits per heavy atom. The first-order chi connectivity index (χ1) is 16.4. The first kappa shape index (κ1) is 24.0. The molecule has 2 aromatic carbocycles. The number of aromatic amines is 1. The molecule has 1 aliphatic heterocycles. The molecule has 0 fully saturated rings. The highest BCUT2D eigenvalue weighted by Crippen LogP contribution is 2.40. The molecule has 34 heavy (non-hydrogen) atoms. The molecule has 3 aromatic rings. The third-order valence-corrected chi connectivity index (χ3v) is 6.86. The van der Waals surface area contributed by atoms with Crippen LogP contribution in [0.2, 0.25) is 0 Å². The predicted octanol–water partition coefficient (Wildman–Crippen LogP) is 3.63. The van der Waals surface area contributed by atoms with Gasteiger partial charge in [0.1, 0.15) is 0 Å². The van der Waals surface area contributed by atoms with Crippen LogP contribution in [0.1, 0.15) is 33.9 Å². The van der Waals surface area contributed by atoms with Gasteiger partial charge in [-0.3, -0.25) is 4.79 Å². The average molecular weight is 482 g/mol. The van der Waals surface area contributed by atoms with Crippen LogP contribution in [0.4, 0.5) is 0 Å². The Morgan fingerprint density at radius 3 is 2.50 bits per heavy atom. The zero-order valence-corrected chi connectivity index (χ0v) is 21.1. The summed E-state index contributed by atoms with van der Waals surface area (Å²) in [6, 6.07) is 9.72. The molecule has 7 nitrogen and oxygen atoms in total. The molecule has 1 aliphatic rings. The number of aromatic nitrogens is 1. The molecule has 2 N–H and O–H groups in total. The number of nitrogens with one attached hydrogen (secondary N) is 2. The monoisotopic (exact) mass is 481 g/mol. The second kappa shape index (κ2) is 10.0. The van der Waals surface area contributed by atoms with Gasteiger partial charge in [0.15, 0.2) is 16.6 Å². The standard InChI is InChI=1S/C26H31N3O4S/c1-15-6-7-16(2)23-18(15)13-20(25(30)28-23)24-19-14-22(33-5)21(32-4)12-17(19)8-10-29(24)26(34)27-9-11-31-3/h6-7,12-14,24H,8-11H2,1-5H3,(H,27,34)(H,28,30)/t24-/m1/s1. The number of H-pyrrole nitrogens is 1. The van der Waals surface area contributed by atoms with Crippen molar-refractivity contribution in [2.45, 2.75) is 26.3 Å². The lowest BCUT2D eigenvalue weighted by Gasteiger charge is -2.39. The van der Waals surface area contributed by atoms with Crippen LogP contribution in [-0.2, 0) is 11.2 Å². The minimum Gasteiger partial charge on any atom is -0.493 e. The maximum absolute atomic E-state index is 13.5. The van der Waals surface area contributed by atoms with E-state index in [2.05, 4.69) is 28.2 Å². The van der Waals surface area contributed by atoms with E-state index in [9.17, 15) is 4.79 Å². The first-order valence-electron chi connectivity index (χ1n) is 11.3. The fourth-order valence-electron chi connectivity index (χ4n) is 4.66. The van der Waals surface area contributed by atoms with Gasteiger partial charge in [0, 0.05) is 31.1 Å². The number of nitrogens with zero attached hydrogens (tertiary/aromatic N) is 1. The Bertz CT molecular complexity index is 1290. The van der Waals surface area contributed by atoms with Gasteiger partial charge in [-0.05, 0) is 72.9 Å². The van der Waals surface area contributed by atoms with E-state index in [0.29, 0.717) is 41.9 Å². The lowest BCUT2D eigenvalue weighted by atomic mass is 9.87. The highest BCUT2D eigenvalue weighted by molar-refractivity contribution is 7.80. The second-order valence-electron chi connectivity index (χ2n) is 8.52. The van der Waals surface area contributed by atoms with E-state index in [-0.39, 0.29) is 11.6 Å². The average Bonchev–Trinajstić information content (AvgIpc) is 2.84. The number of methoxy groups -OCH3 is 3. The highest BCUT2D eigenvalue weighted by Gasteiger charge is 2.34. The normalized spacial score (nSPS) is 15.2. The Morgan fingerprint density at radius 1 is 1.09 bits per heavy atom. The van der Waals surface area contributed by atoms with Crippen molar-refractivity contribution < 1.29 is 14.2 Å². The van der Waals surface area contributed by atoms with Crippen LogP contribution in [0.25, 0.3) is 10.9 Å². The smallest absolute Gasteiger partial charge is 0.254 e. The highest BCUT2D eigenvalue weighted by atomic mass is 32.1. The van der Waals surface area contributed by atoms with Crippen molar-refractivity contribution in [2.24, 2.45) is 0 Å². The van der Waals surface area contributed by atoms with Crippen LogP contribution >= 0.6 is 12.2 Å². The van der Waals surface area contributed by atoms with E-state index < -0.39 is 0 Å². The summed E-state index contributed by atoms with van der Waals surface area (Å²) in [5.74, 6) is 1.30. The van der Waals surface area contributed by atoms with Crippen molar-refractivity contribution in [1.29, 1.82) is 0 Å². The van der Waals surface area contributed by atoms with Crippen LogP contribution in [0.3, 0.4) is 0 Å². The summed E-state index contributed by atoms with van der Waals surface area (Å²) in [6.45, 7) is 5.85. The first-order valence-corrected chi connectivity index (χ1v) is 11.7. The van der Waals surface area contributed by atoms with Gasteiger partial charge in [0.05, 0.1) is 32.4 Å². The summed E-state index contributed by atoms with van der Waals surface area (Å²) in [7, 11) is 4.90. The van der Waals surface area contributed by atoms with Gasteiger partial charge in [-0.25, -0.2) is 0 Å². The van der Waals surface area contributed by atoms with Crippen molar-refractivity contribution in [3.63, 3.8) is 0 Å². The molecule has 0 spiro atoms. The molecule has 0 saturated carbocycles. The van der Waals surface area contributed by atoms with Crippen molar-refractivity contribution >= 4 is 28.2 Å². The van der Waals surface area contributed by atoms with Crippen LogP contribution in [0.15, 0.2) is 35.1 Å². The number of pyridine rings is 1. The van der Waals surface area contributed by atoms with Gasteiger partial charge >= 0.3 is 0 Å². The summed E-state index contributed by atoms with van der Waals surface area (Å²) in [5, 5.41) is 4.89. The van der Waals surface area contributed by atoms with Gasteiger partial charge in [-0.15, -0.1) is 0 Å². The van der Waals surface area contributed by atoms with Crippen molar-refractivity contribution in [2.75, 3.05) is 41.0 Å². The van der Waals surface area contributed by atoms with E-state index in [0.717, 1.165) is 39.6 Å². The van der Waals surface area contributed by atoms with E-state index >= 15 is 0 Å². The second-order valence-corrected chi connectivity index (χ2v) is 8.91. The minimum atomic E-state index is -0.376. The van der Waals surface area contributed by atoms with Gasteiger partial charge < -0.3 is 29.4 Å². The predicted molar refractivity (Wildman–Crippen MR) is 138 cm³/mol. The molecule has 180 valence electrons. The molecule has 0 unspecified atom stereocenters. The summed E-state index contributed by atoms with van der Waals surface area (Å²) >= 11 is 5.78. The fourth-order valence-corrected chi connectivity index (χ4v) is 4.95. The topological polar surface area (TPSA) is 75.8 Å². The fraction of sp³-hybridized carbons (Fsp3) is 0.385. The molecule has 8 heteroatoms. The van der Waals surface area contributed by atoms with Crippen LogP contribution < -0.4 is 20.3 Å². The Hall–Kier alpha value is -3.10. The van der Waals surface area contributed by atoms with E-state index in [4.69, 9.17) is 26.4 Å². The van der Waals surface area contributed by atoms with E-state index in [1.54, 1.807) is 21.3 Å². The zero-order valence-electron chi connectivity index (χ0n) is 20.3. The number of thiocarbonyl (C=S) groups is 1. The lowest BCUT2D eigenvalue weighted by Crippen LogP contribution is -2.47. The SMILES string of the molecule is COCCNC(=S)N1CCc2cc(OC)c(OC)cc2[C@@H]1c1cc2c(C)ccc(C)c2[nH]c1=O. The number of aryl methyl sites for hydroxylation is 2. The Labute approximate surface area is 205 Å². The zero-order chi connectivity index (χ0) is 24.4. The van der Waals surface area contributed by atoms with Gasteiger partial charge in [-0.1, -0.05) is 12.1 Å². The third kappa shape index (κ3) is 4.35. The van der Waals surface area contributed by atoms with Gasteiger partial charge in [0.2, 0.25) is 0 Å². The number of hydrogen-bond acceptors (Lipinski definition) is 5. The molecular formula is C26H31N3O4S. The summed E-state index contributed by atoms with van der Waals surface area (Å²) in [4.78, 5) is 18.7. The number of benzene rings is 2. The molecule has 0 saturated heterocycles. The molecule has 1 atom stereocenters. The number of fused-ring (bicyclic) bond motifs is 2. The molecule has 1 aromatic heterocycles. The maximum Gasteiger partial charge on any atom is 0.254 e. The summed E-state index contributed by atoms with van der Waals surface area (Å²) < 4.78 is 16.3. The molecule has 0 bridgehead atoms. The van der Waals surface area contributed by atoms with Crippen molar-refractivity contribution in [3.8, 4) is 11.5 Å². The molecule has 0 aliphatic carbocycles. The molecule has 0 amide bonds. The van der Waals surface area contributed by atoms with Crippen LogP contribution in [0.5, 0.6) is 11.5 Å². The van der Waals surface area contributed by atoms with E-state index in [1.165, 1.54) is 0 Å². The number of rotatable bonds is 6. The molecule has 4 rings (SSSR count). The summed E-state index contributed by atoms with van der Waals surface area (Å²) in [5.41, 5.74) is 5.62. The molecule has 2 heterocycles. The molecular weight excluding hydrogens is 450 g/mol. The lowest BCUT2D eigenvalue weighted by molar-refractivity contribution is 0.202. The quantitative estimate of drug-likeness (QED) is 0.411.